The molecular formula is C19H14Cl2FN4O2+. The van der Waals surface area contributed by atoms with E-state index in [0.717, 1.165) is 0 Å². The van der Waals surface area contributed by atoms with Crippen molar-refractivity contribution >= 4 is 29.1 Å². The van der Waals surface area contributed by atoms with Gasteiger partial charge >= 0.3 is 0 Å². The molecule has 3 aromatic rings. The van der Waals surface area contributed by atoms with Crippen LogP contribution in [0.15, 0.2) is 42.9 Å². The van der Waals surface area contributed by atoms with Crippen LogP contribution in [0.5, 0.6) is 11.5 Å². The van der Waals surface area contributed by atoms with Gasteiger partial charge in [-0.3, -0.25) is 4.79 Å². The summed E-state index contributed by atoms with van der Waals surface area (Å²) in [5.74, 6) is -1.15. The summed E-state index contributed by atoms with van der Waals surface area (Å²) in [5, 5.41) is 12.0. The van der Waals surface area contributed by atoms with Gasteiger partial charge in [0, 0.05) is 17.1 Å². The quantitative estimate of drug-likeness (QED) is 0.615. The Morgan fingerprint density at radius 1 is 1.36 bits per heavy atom. The van der Waals surface area contributed by atoms with Crippen molar-refractivity contribution in [2.45, 2.75) is 6.54 Å². The molecule has 0 saturated heterocycles. The summed E-state index contributed by atoms with van der Waals surface area (Å²) in [7, 11) is 1.77. The van der Waals surface area contributed by atoms with E-state index >= 15 is 0 Å². The van der Waals surface area contributed by atoms with Gasteiger partial charge in [0.05, 0.1) is 23.7 Å². The largest absolute Gasteiger partial charge is 0.453 e. The number of nitriles is 1. The van der Waals surface area contributed by atoms with E-state index in [9.17, 15) is 9.18 Å². The highest BCUT2D eigenvalue weighted by Gasteiger charge is 2.18. The van der Waals surface area contributed by atoms with Crippen molar-refractivity contribution in [2.75, 3.05) is 0 Å². The maximum Gasteiger partial charge on any atom is 0.295 e. The van der Waals surface area contributed by atoms with E-state index in [-0.39, 0.29) is 45.1 Å². The zero-order chi connectivity index (χ0) is 20.3. The van der Waals surface area contributed by atoms with E-state index in [1.54, 1.807) is 24.1 Å². The molecule has 0 aliphatic rings. The molecule has 0 aliphatic heterocycles. The van der Waals surface area contributed by atoms with E-state index in [1.165, 1.54) is 30.3 Å². The second-order valence-electron chi connectivity index (χ2n) is 5.90. The fourth-order valence-electron chi connectivity index (χ4n) is 2.45. The predicted molar refractivity (Wildman–Crippen MR) is 101 cm³/mol. The SMILES string of the molecule is C[n+]1c[nH]c(C(=O)NCc2ccc(Cl)c(Oc3cc(Cl)cc(C#N)c3)c2F)c1. The molecule has 1 aromatic heterocycles. The van der Waals surface area contributed by atoms with Crippen molar-refractivity contribution in [2.24, 2.45) is 7.05 Å². The minimum Gasteiger partial charge on any atom is -0.453 e. The number of aryl methyl sites for hydroxylation is 1. The molecule has 6 nitrogen and oxygen atoms in total. The van der Waals surface area contributed by atoms with Gasteiger partial charge in [0.25, 0.3) is 5.91 Å². The van der Waals surface area contributed by atoms with Crippen LogP contribution in [-0.4, -0.2) is 10.9 Å². The molecule has 2 N–H and O–H groups in total. The molecule has 28 heavy (non-hydrogen) atoms. The Kier molecular flexibility index (Phi) is 5.83. The van der Waals surface area contributed by atoms with E-state index in [4.69, 9.17) is 33.2 Å². The van der Waals surface area contributed by atoms with Gasteiger partial charge < -0.3 is 10.1 Å². The summed E-state index contributed by atoms with van der Waals surface area (Å²) < 4.78 is 22.1. The first kappa shape index (κ1) is 19.7. The van der Waals surface area contributed by atoms with Crippen LogP contribution in [0.4, 0.5) is 4.39 Å². The summed E-state index contributed by atoms with van der Waals surface area (Å²) in [5.41, 5.74) is 0.795. The zero-order valence-electron chi connectivity index (χ0n) is 14.6. The van der Waals surface area contributed by atoms with E-state index < -0.39 is 5.82 Å². The van der Waals surface area contributed by atoms with Gasteiger partial charge in [0.1, 0.15) is 11.9 Å². The number of H-pyrrole nitrogens is 1. The Labute approximate surface area is 170 Å². The number of rotatable bonds is 5. The summed E-state index contributed by atoms with van der Waals surface area (Å²) in [4.78, 5) is 14.9. The first-order valence-electron chi connectivity index (χ1n) is 8.04. The van der Waals surface area contributed by atoms with Crippen molar-refractivity contribution in [3.05, 3.63) is 75.5 Å². The zero-order valence-corrected chi connectivity index (χ0v) is 16.1. The molecule has 0 fully saturated rings. The molecule has 1 amide bonds. The van der Waals surface area contributed by atoms with E-state index in [0.29, 0.717) is 5.69 Å². The summed E-state index contributed by atoms with van der Waals surface area (Å²) >= 11 is 12.0. The fourth-order valence-corrected chi connectivity index (χ4v) is 2.86. The smallest absolute Gasteiger partial charge is 0.295 e. The minimum atomic E-state index is -0.719. The van der Waals surface area contributed by atoms with Gasteiger partial charge in [-0.15, -0.1) is 0 Å². The highest BCUT2D eigenvalue weighted by molar-refractivity contribution is 6.32. The van der Waals surface area contributed by atoms with Gasteiger partial charge in [-0.1, -0.05) is 29.3 Å². The summed E-state index contributed by atoms with van der Waals surface area (Å²) in [6.07, 6.45) is 3.22. The maximum atomic E-state index is 14.9. The van der Waals surface area contributed by atoms with Crippen LogP contribution in [0.1, 0.15) is 21.6 Å². The van der Waals surface area contributed by atoms with Crippen molar-refractivity contribution < 1.29 is 18.5 Å². The Balaban J connectivity index is 1.81. The molecule has 1 heterocycles. The molecular weight excluding hydrogens is 406 g/mol. The van der Waals surface area contributed by atoms with Crippen LogP contribution in [-0.2, 0) is 13.6 Å². The molecule has 0 saturated carbocycles. The Hall–Kier alpha value is -3.08. The maximum absolute atomic E-state index is 14.9. The number of hydrogen-bond acceptors (Lipinski definition) is 3. The van der Waals surface area contributed by atoms with Crippen molar-refractivity contribution in [3.63, 3.8) is 0 Å². The average molecular weight is 420 g/mol. The second kappa shape index (κ2) is 8.30. The highest BCUT2D eigenvalue weighted by Crippen LogP contribution is 2.35. The summed E-state index contributed by atoms with van der Waals surface area (Å²) in [6.45, 7) is -0.0695. The number of aromatic nitrogens is 2. The first-order chi connectivity index (χ1) is 13.4. The second-order valence-corrected chi connectivity index (χ2v) is 6.75. The predicted octanol–water partition coefficient (Wildman–Crippen LogP) is 3.88. The van der Waals surface area contributed by atoms with E-state index in [1.807, 2.05) is 6.07 Å². The molecule has 3 rings (SSSR count). The number of carbonyl (C=O) groups is 1. The highest BCUT2D eigenvalue weighted by atomic mass is 35.5. The lowest BCUT2D eigenvalue weighted by molar-refractivity contribution is -0.670. The number of carbonyl (C=O) groups excluding carboxylic acids is 1. The standard InChI is InChI=1S/C19H13Cl2FN4O2/c1-26-9-16(25-10-26)19(27)24-8-12-2-3-15(21)18(17(12)22)28-14-5-11(7-23)4-13(20)6-14/h2-6,9-10H,8H2,1H3,(H,24,27)/p+1. The van der Waals surface area contributed by atoms with Gasteiger partial charge in [0.15, 0.2) is 11.6 Å². The van der Waals surface area contributed by atoms with Gasteiger partial charge in [0.2, 0.25) is 12.0 Å². The molecule has 0 atom stereocenters. The minimum absolute atomic E-state index is 0.0439. The number of nitrogens with zero attached hydrogens (tertiary/aromatic N) is 2. The Morgan fingerprint density at radius 2 is 2.14 bits per heavy atom. The van der Waals surface area contributed by atoms with Crippen molar-refractivity contribution in [1.82, 2.24) is 10.3 Å². The third kappa shape index (κ3) is 4.42. The molecule has 9 heteroatoms. The van der Waals surface area contributed by atoms with Gasteiger partial charge in [-0.25, -0.2) is 13.9 Å². The van der Waals surface area contributed by atoms with Crippen molar-refractivity contribution in [1.29, 1.82) is 5.26 Å². The molecule has 142 valence electrons. The topological polar surface area (TPSA) is 81.8 Å². The van der Waals surface area contributed by atoms with Gasteiger partial charge in [-0.05, 0) is 24.3 Å². The molecule has 0 radical (unpaired) electrons. The number of amides is 1. The normalized spacial score (nSPS) is 10.4. The number of benzene rings is 2. The van der Waals surface area contributed by atoms with Crippen molar-refractivity contribution in [3.8, 4) is 17.6 Å². The first-order valence-corrected chi connectivity index (χ1v) is 8.80. The molecule has 0 spiro atoms. The average Bonchev–Trinajstić information content (AvgIpc) is 3.10. The number of aromatic amines is 1. The molecule has 0 unspecified atom stereocenters. The number of imidazole rings is 1. The van der Waals surface area contributed by atoms with Crippen LogP contribution in [0.25, 0.3) is 0 Å². The number of ether oxygens (including phenoxy) is 1. The lowest BCUT2D eigenvalue weighted by Crippen LogP contribution is -2.26. The number of halogens is 3. The van der Waals surface area contributed by atoms with E-state index in [2.05, 4.69) is 10.3 Å². The number of hydrogen-bond donors (Lipinski definition) is 2. The summed E-state index contributed by atoms with van der Waals surface area (Å²) in [6, 6.07) is 9.18. The van der Waals surface area contributed by atoms with Crippen LogP contribution < -0.4 is 14.6 Å². The molecule has 0 bridgehead atoms. The van der Waals surface area contributed by atoms with Gasteiger partial charge in [-0.2, -0.15) is 5.26 Å². The Bertz CT molecular complexity index is 1090. The lowest BCUT2D eigenvalue weighted by atomic mass is 10.2. The third-order valence-electron chi connectivity index (χ3n) is 3.79. The van der Waals surface area contributed by atoms with Crippen LogP contribution in [0.2, 0.25) is 10.0 Å². The fraction of sp³-hybridized carbons (Fsp3) is 0.105. The lowest BCUT2D eigenvalue weighted by Gasteiger charge is -2.12. The number of nitrogens with one attached hydrogen (secondary N) is 2. The molecule has 0 aliphatic carbocycles. The van der Waals surface area contributed by atoms with Crippen LogP contribution in [0, 0.1) is 17.1 Å². The third-order valence-corrected chi connectivity index (χ3v) is 4.31. The van der Waals surface area contributed by atoms with Crippen LogP contribution >= 0.6 is 23.2 Å². The Morgan fingerprint density at radius 3 is 2.82 bits per heavy atom. The van der Waals surface area contributed by atoms with Crippen LogP contribution in [0.3, 0.4) is 0 Å². The monoisotopic (exact) mass is 419 g/mol. The molecule has 2 aromatic carbocycles.